The summed E-state index contributed by atoms with van der Waals surface area (Å²) in [5.41, 5.74) is 1.96. The lowest BCUT2D eigenvalue weighted by atomic mass is 10.1. The van der Waals surface area contributed by atoms with Crippen LogP contribution in [0.5, 0.6) is 0 Å². The molecule has 2 rings (SSSR count). The van der Waals surface area contributed by atoms with Crippen molar-refractivity contribution in [3.05, 3.63) is 35.4 Å². The third-order valence-corrected chi connectivity index (χ3v) is 3.61. The molecular weight excluding hydrogens is 248 g/mol. The Morgan fingerprint density at radius 2 is 2.06 bits per heavy atom. The van der Waals surface area contributed by atoms with Crippen LogP contribution in [0.15, 0.2) is 29.4 Å². The van der Waals surface area contributed by atoms with E-state index in [9.17, 15) is 4.79 Å². The summed E-state index contributed by atoms with van der Waals surface area (Å²) < 4.78 is 1.55. The Morgan fingerprint density at radius 3 is 2.61 bits per heavy atom. The molecule has 0 saturated carbocycles. The lowest BCUT2D eigenvalue weighted by Crippen LogP contribution is -2.04. The smallest absolute Gasteiger partial charge is 0.209 e. The molecule has 1 heterocycles. The monoisotopic (exact) mass is 262 g/mol. The Labute approximate surface area is 110 Å². The number of benzene rings is 1. The molecule has 6 heteroatoms. The highest BCUT2D eigenvalue weighted by Gasteiger charge is 2.09. The van der Waals surface area contributed by atoms with Gasteiger partial charge in [0.15, 0.2) is 5.78 Å². The zero-order valence-electron chi connectivity index (χ0n) is 10.3. The fraction of sp³-hybridized carbons (Fsp3) is 0.333. The van der Waals surface area contributed by atoms with Gasteiger partial charge in [-0.15, -0.1) is 5.10 Å². The van der Waals surface area contributed by atoms with Crippen molar-refractivity contribution in [2.75, 3.05) is 5.75 Å². The van der Waals surface area contributed by atoms with Gasteiger partial charge in [-0.25, -0.2) is 4.68 Å². The van der Waals surface area contributed by atoms with Crippen LogP contribution < -0.4 is 0 Å². The van der Waals surface area contributed by atoms with Gasteiger partial charge in [0.2, 0.25) is 5.16 Å². The van der Waals surface area contributed by atoms with Gasteiger partial charge in [-0.3, -0.25) is 4.79 Å². The predicted molar refractivity (Wildman–Crippen MR) is 69.7 cm³/mol. The molecule has 0 radical (unpaired) electrons. The van der Waals surface area contributed by atoms with Gasteiger partial charge >= 0.3 is 0 Å². The molecule has 0 fully saturated rings. The van der Waals surface area contributed by atoms with E-state index in [1.165, 1.54) is 17.3 Å². The van der Waals surface area contributed by atoms with Crippen LogP contribution >= 0.6 is 11.8 Å². The highest BCUT2D eigenvalue weighted by atomic mass is 32.2. The molecular formula is C12H14N4OS. The van der Waals surface area contributed by atoms with E-state index in [-0.39, 0.29) is 5.78 Å². The van der Waals surface area contributed by atoms with Crippen molar-refractivity contribution in [1.82, 2.24) is 20.2 Å². The van der Waals surface area contributed by atoms with E-state index in [1.807, 2.05) is 24.3 Å². The Balaban J connectivity index is 1.97. The second-order valence-electron chi connectivity index (χ2n) is 3.85. The van der Waals surface area contributed by atoms with E-state index in [0.29, 0.717) is 10.9 Å². The Hall–Kier alpha value is -1.69. The molecule has 0 aliphatic heterocycles. The van der Waals surface area contributed by atoms with E-state index in [2.05, 4.69) is 22.4 Å². The normalized spacial score (nSPS) is 10.6. The molecule has 0 unspecified atom stereocenters. The summed E-state index contributed by atoms with van der Waals surface area (Å²) in [6.45, 7) is 2.09. The number of thioether (sulfide) groups is 1. The van der Waals surface area contributed by atoms with E-state index in [0.717, 1.165) is 12.0 Å². The minimum atomic E-state index is 0.0886. The maximum atomic E-state index is 12.0. The molecule has 0 saturated heterocycles. The van der Waals surface area contributed by atoms with Crippen LogP contribution in [-0.4, -0.2) is 31.7 Å². The lowest BCUT2D eigenvalue weighted by molar-refractivity contribution is 0.102. The number of carbonyl (C=O) groups excluding carboxylic acids is 1. The Kier molecular flexibility index (Phi) is 4.09. The molecule has 0 spiro atoms. The quantitative estimate of drug-likeness (QED) is 0.607. The first-order valence-corrected chi connectivity index (χ1v) is 6.66. The van der Waals surface area contributed by atoms with E-state index >= 15 is 0 Å². The standard InChI is InChI=1S/C12H14N4OS/c1-3-9-4-6-10(7-5-9)11(17)8-18-12-13-14-15-16(12)2/h4-7H,3,8H2,1-2H3. The first-order chi connectivity index (χ1) is 8.70. The number of tetrazole rings is 1. The van der Waals surface area contributed by atoms with Crippen molar-refractivity contribution in [3.8, 4) is 0 Å². The predicted octanol–water partition coefficient (Wildman–Crippen LogP) is 1.75. The number of ketones is 1. The average molecular weight is 262 g/mol. The van der Waals surface area contributed by atoms with Gasteiger partial charge in [0.1, 0.15) is 0 Å². The second-order valence-corrected chi connectivity index (χ2v) is 4.79. The van der Waals surface area contributed by atoms with Gasteiger partial charge < -0.3 is 0 Å². The van der Waals surface area contributed by atoms with Crippen molar-refractivity contribution >= 4 is 17.5 Å². The van der Waals surface area contributed by atoms with Crippen molar-refractivity contribution in [2.45, 2.75) is 18.5 Å². The van der Waals surface area contributed by atoms with Crippen molar-refractivity contribution in [3.63, 3.8) is 0 Å². The number of hydrogen-bond acceptors (Lipinski definition) is 5. The highest BCUT2D eigenvalue weighted by molar-refractivity contribution is 7.99. The molecule has 94 valence electrons. The van der Waals surface area contributed by atoms with Crippen molar-refractivity contribution in [1.29, 1.82) is 0 Å². The van der Waals surface area contributed by atoms with Crippen molar-refractivity contribution < 1.29 is 4.79 Å². The maximum Gasteiger partial charge on any atom is 0.209 e. The maximum absolute atomic E-state index is 12.0. The van der Waals surface area contributed by atoms with Crippen LogP contribution in [0.3, 0.4) is 0 Å². The number of rotatable bonds is 5. The number of carbonyl (C=O) groups is 1. The van der Waals surface area contributed by atoms with Crippen LogP contribution in [0, 0.1) is 0 Å². The first kappa shape index (κ1) is 12.8. The highest BCUT2D eigenvalue weighted by Crippen LogP contribution is 2.15. The third-order valence-electron chi connectivity index (χ3n) is 2.60. The van der Waals surface area contributed by atoms with Crippen molar-refractivity contribution in [2.24, 2.45) is 7.05 Å². The third kappa shape index (κ3) is 2.95. The van der Waals surface area contributed by atoms with Gasteiger partial charge in [0.05, 0.1) is 5.75 Å². The molecule has 1 aromatic carbocycles. The van der Waals surface area contributed by atoms with Gasteiger partial charge in [-0.05, 0) is 22.4 Å². The minimum absolute atomic E-state index is 0.0886. The number of Topliss-reactive ketones (excluding diaryl/α,β-unsaturated/α-hetero) is 1. The lowest BCUT2D eigenvalue weighted by Gasteiger charge is -2.01. The summed E-state index contributed by atoms with van der Waals surface area (Å²) in [6.07, 6.45) is 0.980. The Bertz CT molecular complexity index is 535. The van der Waals surface area contributed by atoms with E-state index < -0.39 is 0 Å². The van der Waals surface area contributed by atoms with E-state index in [1.54, 1.807) is 11.7 Å². The number of aryl methyl sites for hydroxylation is 2. The molecule has 0 N–H and O–H groups in total. The summed E-state index contributed by atoms with van der Waals surface area (Å²) in [5.74, 6) is 0.435. The van der Waals surface area contributed by atoms with Gasteiger partial charge in [0.25, 0.3) is 0 Å². The molecule has 1 aromatic heterocycles. The molecule has 0 amide bonds. The van der Waals surface area contributed by atoms with Crippen LogP contribution in [0.1, 0.15) is 22.8 Å². The van der Waals surface area contributed by atoms with Gasteiger partial charge in [0, 0.05) is 12.6 Å². The van der Waals surface area contributed by atoms with Crippen LogP contribution in [0.4, 0.5) is 0 Å². The minimum Gasteiger partial charge on any atom is -0.293 e. The second kappa shape index (κ2) is 5.77. The molecule has 18 heavy (non-hydrogen) atoms. The first-order valence-electron chi connectivity index (χ1n) is 5.68. The number of hydrogen-bond donors (Lipinski definition) is 0. The Morgan fingerprint density at radius 1 is 1.33 bits per heavy atom. The van der Waals surface area contributed by atoms with Crippen LogP contribution in [0.2, 0.25) is 0 Å². The van der Waals surface area contributed by atoms with Gasteiger partial charge in [-0.2, -0.15) is 0 Å². The van der Waals surface area contributed by atoms with Crippen LogP contribution in [0.25, 0.3) is 0 Å². The number of nitrogens with zero attached hydrogens (tertiary/aromatic N) is 4. The van der Waals surface area contributed by atoms with E-state index in [4.69, 9.17) is 0 Å². The molecule has 0 aliphatic carbocycles. The molecule has 0 atom stereocenters. The fourth-order valence-corrected chi connectivity index (χ4v) is 2.23. The fourth-order valence-electron chi connectivity index (χ4n) is 1.48. The molecule has 0 aliphatic rings. The SMILES string of the molecule is CCc1ccc(C(=O)CSc2nnnn2C)cc1. The zero-order valence-corrected chi connectivity index (χ0v) is 11.1. The largest absolute Gasteiger partial charge is 0.293 e. The summed E-state index contributed by atoms with van der Waals surface area (Å²) in [7, 11) is 1.75. The average Bonchev–Trinajstić information content (AvgIpc) is 2.81. The number of aromatic nitrogens is 4. The van der Waals surface area contributed by atoms with Gasteiger partial charge in [-0.1, -0.05) is 43.0 Å². The zero-order chi connectivity index (χ0) is 13.0. The summed E-state index contributed by atoms with van der Waals surface area (Å²) in [4.78, 5) is 12.0. The topological polar surface area (TPSA) is 60.7 Å². The summed E-state index contributed by atoms with van der Waals surface area (Å²) in [5, 5.41) is 11.7. The molecule has 0 bridgehead atoms. The van der Waals surface area contributed by atoms with Crippen LogP contribution in [-0.2, 0) is 13.5 Å². The summed E-state index contributed by atoms with van der Waals surface area (Å²) >= 11 is 1.34. The molecule has 2 aromatic rings. The summed E-state index contributed by atoms with van der Waals surface area (Å²) in [6, 6.07) is 7.72. The molecule has 5 nitrogen and oxygen atoms in total.